The van der Waals surface area contributed by atoms with Crippen molar-refractivity contribution in [2.45, 2.75) is 0 Å². The van der Waals surface area contributed by atoms with Crippen molar-refractivity contribution in [1.82, 2.24) is 0 Å². The van der Waals surface area contributed by atoms with Crippen LogP contribution in [0.3, 0.4) is 0 Å². The number of benzene rings is 2. The van der Waals surface area contributed by atoms with Crippen molar-refractivity contribution in [3.8, 4) is 6.07 Å². The zero-order valence-electron chi connectivity index (χ0n) is 9.05. The van der Waals surface area contributed by atoms with Gasteiger partial charge in [-0.15, -0.1) is 0 Å². The van der Waals surface area contributed by atoms with Gasteiger partial charge in [-0.1, -0.05) is 17.7 Å². The average Bonchev–Trinajstić information content (AvgIpc) is 2.34. The first-order chi connectivity index (χ1) is 8.60. The fourth-order valence-corrected chi connectivity index (χ4v) is 2.02. The highest BCUT2D eigenvalue weighted by atomic mass is 79.9. The molecule has 0 saturated heterocycles. The summed E-state index contributed by atoms with van der Waals surface area (Å²) < 4.78 is 14.0. The van der Waals surface area contributed by atoms with Crippen LogP contribution in [0.1, 0.15) is 5.56 Å². The minimum atomic E-state index is -0.463. The molecule has 0 heterocycles. The van der Waals surface area contributed by atoms with Crippen molar-refractivity contribution in [1.29, 1.82) is 5.26 Å². The number of nitrogens with zero attached hydrogens (tertiary/aromatic N) is 1. The number of anilines is 2. The number of nitriles is 1. The van der Waals surface area contributed by atoms with Crippen molar-refractivity contribution in [2.75, 3.05) is 5.32 Å². The molecule has 2 aromatic carbocycles. The van der Waals surface area contributed by atoms with Gasteiger partial charge in [-0.25, -0.2) is 4.39 Å². The molecule has 0 aliphatic heterocycles. The predicted molar refractivity (Wildman–Crippen MR) is 73.5 cm³/mol. The van der Waals surface area contributed by atoms with Crippen LogP contribution in [-0.2, 0) is 0 Å². The Hall–Kier alpha value is -1.57. The fourth-order valence-electron chi connectivity index (χ4n) is 1.48. The molecular formula is C13H7BrClFN2. The number of halogens is 3. The van der Waals surface area contributed by atoms with Gasteiger partial charge in [-0.3, -0.25) is 0 Å². The maximum Gasteiger partial charge on any atom is 0.126 e. The predicted octanol–water partition coefficient (Wildman–Crippen LogP) is 4.86. The van der Waals surface area contributed by atoms with E-state index in [0.717, 1.165) is 0 Å². The summed E-state index contributed by atoms with van der Waals surface area (Å²) in [5.74, 6) is -0.463. The standard InChI is InChI=1S/C13H7BrClFN2/c14-13-11(15)2-1-3-12(13)18-10-5-8(7-17)4-9(16)6-10/h1-6,18H. The molecule has 0 unspecified atom stereocenters. The monoisotopic (exact) mass is 324 g/mol. The Labute approximate surface area is 117 Å². The van der Waals surface area contributed by atoms with Crippen LogP contribution in [0.15, 0.2) is 40.9 Å². The van der Waals surface area contributed by atoms with Gasteiger partial charge >= 0.3 is 0 Å². The van der Waals surface area contributed by atoms with E-state index in [1.165, 1.54) is 12.1 Å². The van der Waals surface area contributed by atoms with Crippen LogP contribution in [0.25, 0.3) is 0 Å². The van der Waals surface area contributed by atoms with E-state index in [1.807, 2.05) is 6.07 Å². The third-order valence-electron chi connectivity index (χ3n) is 2.26. The SMILES string of the molecule is N#Cc1cc(F)cc(Nc2cccc(Cl)c2Br)c1. The zero-order valence-corrected chi connectivity index (χ0v) is 11.4. The lowest BCUT2D eigenvalue weighted by Gasteiger charge is -2.10. The Morgan fingerprint density at radius 3 is 2.78 bits per heavy atom. The van der Waals surface area contributed by atoms with E-state index in [0.29, 0.717) is 20.9 Å². The lowest BCUT2D eigenvalue weighted by atomic mass is 10.2. The number of nitrogens with one attached hydrogen (secondary N) is 1. The summed E-state index contributed by atoms with van der Waals surface area (Å²) in [4.78, 5) is 0. The molecular weight excluding hydrogens is 319 g/mol. The van der Waals surface area contributed by atoms with E-state index in [1.54, 1.807) is 24.3 Å². The van der Waals surface area contributed by atoms with Crippen LogP contribution in [0, 0.1) is 17.1 Å². The van der Waals surface area contributed by atoms with Crippen molar-refractivity contribution in [2.24, 2.45) is 0 Å². The van der Waals surface area contributed by atoms with Crippen molar-refractivity contribution in [3.05, 3.63) is 57.3 Å². The highest BCUT2D eigenvalue weighted by Gasteiger charge is 2.06. The Balaban J connectivity index is 2.37. The molecule has 0 bridgehead atoms. The first-order valence-electron chi connectivity index (χ1n) is 5.02. The van der Waals surface area contributed by atoms with Crippen LogP contribution in [-0.4, -0.2) is 0 Å². The van der Waals surface area contributed by atoms with E-state index >= 15 is 0 Å². The second-order valence-electron chi connectivity index (χ2n) is 3.57. The third kappa shape index (κ3) is 2.81. The largest absolute Gasteiger partial charge is 0.354 e. The van der Waals surface area contributed by atoms with Gasteiger partial charge in [-0.2, -0.15) is 5.26 Å². The van der Waals surface area contributed by atoms with E-state index in [2.05, 4.69) is 21.2 Å². The quantitative estimate of drug-likeness (QED) is 0.856. The third-order valence-corrected chi connectivity index (χ3v) is 3.66. The lowest BCUT2D eigenvalue weighted by Crippen LogP contribution is -1.93. The Bertz CT molecular complexity index is 637. The Morgan fingerprint density at radius 1 is 1.28 bits per heavy atom. The Kier molecular flexibility index (Phi) is 3.85. The molecule has 0 spiro atoms. The summed E-state index contributed by atoms with van der Waals surface area (Å²) >= 11 is 9.30. The van der Waals surface area contributed by atoms with Crippen LogP contribution in [0.5, 0.6) is 0 Å². The minimum Gasteiger partial charge on any atom is -0.354 e. The summed E-state index contributed by atoms with van der Waals surface area (Å²) in [6.07, 6.45) is 0. The number of hydrogen-bond acceptors (Lipinski definition) is 2. The molecule has 1 N–H and O–H groups in total. The number of hydrogen-bond donors (Lipinski definition) is 1. The normalized spacial score (nSPS) is 9.89. The molecule has 0 atom stereocenters. The lowest BCUT2D eigenvalue weighted by molar-refractivity contribution is 0.628. The molecule has 5 heteroatoms. The first kappa shape index (κ1) is 12.9. The molecule has 0 saturated carbocycles. The van der Waals surface area contributed by atoms with Crippen molar-refractivity contribution >= 4 is 38.9 Å². The maximum atomic E-state index is 13.3. The van der Waals surface area contributed by atoms with Gasteiger partial charge in [0.2, 0.25) is 0 Å². The van der Waals surface area contributed by atoms with Crippen LogP contribution in [0.4, 0.5) is 15.8 Å². The molecule has 2 nitrogen and oxygen atoms in total. The van der Waals surface area contributed by atoms with E-state index in [4.69, 9.17) is 16.9 Å². The molecule has 0 aliphatic rings. The van der Waals surface area contributed by atoms with Gasteiger partial charge in [-0.05, 0) is 46.3 Å². The molecule has 0 radical (unpaired) electrons. The van der Waals surface area contributed by atoms with Crippen molar-refractivity contribution in [3.63, 3.8) is 0 Å². The molecule has 0 amide bonds. The van der Waals surface area contributed by atoms with Crippen LogP contribution in [0.2, 0.25) is 5.02 Å². The van der Waals surface area contributed by atoms with Crippen LogP contribution >= 0.6 is 27.5 Å². The summed E-state index contributed by atoms with van der Waals surface area (Å²) in [6, 6.07) is 11.3. The summed E-state index contributed by atoms with van der Waals surface area (Å²) in [6.45, 7) is 0. The maximum absolute atomic E-state index is 13.3. The Morgan fingerprint density at radius 2 is 2.06 bits per heavy atom. The summed E-state index contributed by atoms with van der Waals surface area (Å²) in [5.41, 5.74) is 1.46. The molecule has 2 aromatic rings. The van der Waals surface area contributed by atoms with Crippen LogP contribution < -0.4 is 5.32 Å². The first-order valence-corrected chi connectivity index (χ1v) is 6.19. The topological polar surface area (TPSA) is 35.8 Å². The molecule has 0 fully saturated rings. The smallest absolute Gasteiger partial charge is 0.126 e. The summed E-state index contributed by atoms with van der Waals surface area (Å²) in [5, 5.41) is 12.3. The second-order valence-corrected chi connectivity index (χ2v) is 4.77. The molecule has 0 aromatic heterocycles. The van der Waals surface area contributed by atoms with Gasteiger partial charge in [0, 0.05) is 5.69 Å². The molecule has 2 rings (SSSR count). The molecule has 90 valence electrons. The summed E-state index contributed by atoms with van der Waals surface area (Å²) in [7, 11) is 0. The average molecular weight is 326 g/mol. The van der Waals surface area contributed by atoms with E-state index in [-0.39, 0.29) is 5.56 Å². The fraction of sp³-hybridized carbons (Fsp3) is 0. The molecule has 18 heavy (non-hydrogen) atoms. The van der Waals surface area contributed by atoms with E-state index in [9.17, 15) is 4.39 Å². The van der Waals surface area contributed by atoms with Gasteiger partial charge in [0.15, 0.2) is 0 Å². The van der Waals surface area contributed by atoms with Gasteiger partial charge in [0.25, 0.3) is 0 Å². The van der Waals surface area contributed by atoms with Gasteiger partial charge in [0.1, 0.15) is 5.82 Å². The number of rotatable bonds is 2. The second kappa shape index (κ2) is 5.38. The minimum absolute atomic E-state index is 0.260. The van der Waals surface area contributed by atoms with Crippen molar-refractivity contribution < 1.29 is 4.39 Å². The zero-order chi connectivity index (χ0) is 13.1. The highest BCUT2D eigenvalue weighted by molar-refractivity contribution is 9.10. The van der Waals surface area contributed by atoms with Gasteiger partial charge < -0.3 is 5.32 Å². The van der Waals surface area contributed by atoms with Gasteiger partial charge in [0.05, 0.1) is 26.8 Å². The van der Waals surface area contributed by atoms with E-state index < -0.39 is 5.82 Å². The highest BCUT2D eigenvalue weighted by Crippen LogP contribution is 2.32. The molecule has 0 aliphatic carbocycles.